The molecule has 5 heteroatoms. The van der Waals surface area contributed by atoms with Crippen molar-refractivity contribution < 1.29 is 9.53 Å². The van der Waals surface area contributed by atoms with Gasteiger partial charge in [-0.05, 0) is 56.4 Å². The summed E-state index contributed by atoms with van der Waals surface area (Å²) in [6.07, 6.45) is 5.17. The van der Waals surface area contributed by atoms with Gasteiger partial charge in [-0.3, -0.25) is 9.69 Å². The monoisotopic (exact) mass is 419 g/mol. The summed E-state index contributed by atoms with van der Waals surface area (Å²) in [6.45, 7) is 5.23. The standard InChI is InChI=1S/C26H33N3O2/c30-25-26(15-7-8-16-29(25)24-11-5-2-6-12-24)21-28(19-20-31-26)23-13-17-27(18-14-23)22-9-3-1-4-10-22/h1-6,9-12,23H,7-8,13-21H2. The van der Waals surface area contributed by atoms with Crippen molar-refractivity contribution in [3.63, 3.8) is 0 Å². The molecular weight excluding hydrogens is 386 g/mol. The SMILES string of the molecule is O=C1N(c2ccccc2)CCCCC12CN(C1CCN(c3ccccc3)CC1)CCO2. The van der Waals surface area contributed by atoms with E-state index in [4.69, 9.17) is 4.74 Å². The van der Waals surface area contributed by atoms with Gasteiger partial charge in [-0.2, -0.15) is 0 Å². The van der Waals surface area contributed by atoms with E-state index < -0.39 is 5.60 Å². The second-order valence-electron chi connectivity index (χ2n) is 9.12. The van der Waals surface area contributed by atoms with Crippen molar-refractivity contribution in [3.8, 4) is 0 Å². The van der Waals surface area contributed by atoms with Crippen molar-refractivity contribution in [3.05, 3.63) is 60.7 Å². The average Bonchev–Trinajstić information content (AvgIpc) is 2.99. The molecule has 5 rings (SSSR count). The van der Waals surface area contributed by atoms with Crippen LogP contribution in [0, 0.1) is 0 Å². The third kappa shape index (κ3) is 4.21. The minimum absolute atomic E-state index is 0.155. The van der Waals surface area contributed by atoms with Gasteiger partial charge in [0.05, 0.1) is 6.61 Å². The fourth-order valence-corrected chi connectivity index (χ4v) is 5.52. The summed E-state index contributed by atoms with van der Waals surface area (Å²) in [7, 11) is 0. The van der Waals surface area contributed by atoms with E-state index in [2.05, 4.69) is 40.1 Å². The summed E-state index contributed by atoms with van der Waals surface area (Å²) >= 11 is 0. The van der Waals surface area contributed by atoms with Crippen LogP contribution in [-0.4, -0.2) is 61.8 Å². The molecule has 5 nitrogen and oxygen atoms in total. The number of hydrogen-bond acceptors (Lipinski definition) is 4. The first-order valence-electron chi connectivity index (χ1n) is 11.8. The largest absolute Gasteiger partial charge is 0.371 e. The van der Waals surface area contributed by atoms with Crippen molar-refractivity contribution in [1.82, 2.24) is 4.90 Å². The smallest absolute Gasteiger partial charge is 0.260 e. The summed E-state index contributed by atoms with van der Waals surface area (Å²) in [5.41, 5.74) is 1.61. The molecule has 1 atom stereocenters. The molecule has 3 aliphatic heterocycles. The molecule has 3 aliphatic rings. The highest BCUT2D eigenvalue weighted by atomic mass is 16.5. The number of nitrogens with zero attached hydrogens (tertiary/aromatic N) is 3. The number of anilines is 2. The molecule has 0 saturated carbocycles. The van der Waals surface area contributed by atoms with E-state index in [0.29, 0.717) is 12.6 Å². The van der Waals surface area contributed by atoms with E-state index in [1.807, 2.05) is 35.2 Å². The Morgan fingerprint density at radius 1 is 0.806 bits per heavy atom. The maximum atomic E-state index is 13.8. The Hall–Kier alpha value is -2.37. The number of carbonyl (C=O) groups is 1. The normalized spacial score (nSPS) is 26.3. The molecule has 3 heterocycles. The van der Waals surface area contributed by atoms with Gasteiger partial charge in [0.25, 0.3) is 5.91 Å². The third-order valence-electron chi connectivity index (χ3n) is 7.23. The molecule has 1 spiro atoms. The summed E-state index contributed by atoms with van der Waals surface area (Å²) in [4.78, 5) is 20.8. The lowest BCUT2D eigenvalue weighted by Crippen LogP contribution is -2.62. The van der Waals surface area contributed by atoms with Crippen LogP contribution in [0.2, 0.25) is 0 Å². The number of benzene rings is 2. The zero-order chi connectivity index (χ0) is 21.1. The number of piperidine rings is 1. The highest BCUT2D eigenvalue weighted by Gasteiger charge is 2.48. The third-order valence-corrected chi connectivity index (χ3v) is 7.23. The second-order valence-corrected chi connectivity index (χ2v) is 9.12. The summed E-state index contributed by atoms with van der Waals surface area (Å²) in [6, 6.07) is 21.3. The quantitative estimate of drug-likeness (QED) is 0.755. The molecule has 1 unspecified atom stereocenters. The number of rotatable bonds is 3. The lowest BCUT2D eigenvalue weighted by atomic mass is 9.91. The molecule has 0 N–H and O–H groups in total. The molecule has 2 aromatic carbocycles. The van der Waals surface area contributed by atoms with Gasteiger partial charge in [-0.25, -0.2) is 0 Å². The molecule has 1 amide bonds. The van der Waals surface area contributed by atoms with Crippen LogP contribution in [0.1, 0.15) is 32.1 Å². The predicted octanol–water partition coefficient (Wildman–Crippen LogP) is 3.94. The molecule has 2 aromatic rings. The van der Waals surface area contributed by atoms with Crippen molar-refractivity contribution in [2.75, 3.05) is 49.1 Å². The maximum absolute atomic E-state index is 13.8. The molecule has 0 aromatic heterocycles. The Morgan fingerprint density at radius 2 is 1.48 bits per heavy atom. The van der Waals surface area contributed by atoms with Crippen molar-refractivity contribution in [2.45, 2.75) is 43.7 Å². The lowest BCUT2D eigenvalue weighted by molar-refractivity contribution is -0.161. The number of hydrogen-bond donors (Lipinski definition) is 0. The van der Waals surface area contributed by atoms with Crippen LogP contribution in [0.4, 0.5) is 11.4 Å². The van der Waals surface area contributed by atoms with Crippen molar-refractivity contribution >= 4 is 17.3 Å². The van der Waals surface area contributed by atoms with Crippen LogP contribution in [0.25, 0.3) is 0 Å². The van der Waals surface area contributed by atoms with Crippen LogP contribution in [-0.2, 0) is 9.53 Å². The molecule has 0 bridgehead atoms. The van der Waals surface area contributed by atoms with E-state index in [1.54, 1.807) is 0 Å². The molecule has 0 aliphatic carbocycles. The molecule has 3 saturated heterocycles. The van der Waals surface area contributed by atoms with E-state index in [9.17, 15) is 4.79 Å². The Balaban J connectivity index is 1.28. The van der Waals surface area contributed by atoms with Gasteiger partial charge in [0.15, 0.2) is 5.60 Å². The summed E-state index contributed by atoms with van der Waals surface area (Å²) in [5.74, 6) is 0.155. The Labute approximate surface area is 185 Å². The number of amides is 1. The Morgan fingerprint density at radius 3 is 2.19 bits per heavy atom. The first-order chi connectivity index (χ1) is 15.3. The fraction of sp³-hybridized carbons (Fsp3) is 0.500. The van der Waals surface area contributed by atoms with Crippen LogP contribution in [0.5, 0.6) is 0 Å². The van der Waals surface area contributed by atoms with E-state index in [1.165, 1.54) is 5.69 Å². The highest BCUT2D eigenvalue weighted by molar-refractivity contribution is 6.00. The van der Waals surface area contributed by atoms with E-state index in [0.717, 1.165) is 70.5 Å². The Kier molecular flexibility index (Phi) is 5.97. The number of para-hydroxylation sites is 2. The molecule has 0 radical (unpaired) electrons. The van der Waals surface area contributed by atoms with E-state index >= 15 is 0 Å². The minimum atomic E-state index is -0.693. The first-order valence-corrected chi connectivity index (χ1v) is 11.8. The first kappa shape index (κ1) is 20.5. The zero-order valence-corrected chi connectivity index (χ0v) is 18.3. The van der Waals surface area contributed by atoms with Gasteiger partial charge >= 0.3 is 0 Å². The van der Waals surface area contributed by atoms with E-state index in [-0.39, 0.29) is 5.91 Å². The lowest BCUT2D eigenvalue weighted by Gasteiger charge is -2.47. The van der Waals surface area contributed by atoms with Gasteiger partial charge in [0, 0.05) is 50.1 Å². The number of carbonyl (C=O) groups excluding carboxylic acids is 1. The molecule has 164 valence electrons. The minimum Gasteiger partial charge on any atom is -0.371 e. The summed E-state index contributed by atoms with van der Waals surface area (Å²) in [5, 5.41) is 0. The highest BCUT2D eigenvalue weighted by Crippen LogP contribution is 2.34. The van der Waals surface area contributed by atoms with Crippen LogP contribution in [0.3, 0.4) is 0 Å². The summed E-state index contributed by atoms with van der Waals surface area (Å²) < 4.78 is 6.32. The van der Waals surface area contributed by atoms with Gasteiger partial charge < -0.3 is 14.5 Å². The second kappa shape index (κ2) is 9.01. The van der Waals surface area contributed by atoms with Gasteiger partial charge in [-0.1, -0.05) is 36.4 Å². The number of ether oxygens (including phenoxy) is 1. The molecule has 3 fully saturated rings. The van der Waals surface area contributed by atoms with Crippen LogP contribution >= 0.6 is 0 Å². The molecular formula is C26H33N3O2. The Bertz CT molecular complexity index is 867. The van der Waals surface area contributed by atoms with Crippen LogP contribution < -0.4 is 9.80 Å². The number of morpholine rings is 1. The van der Waals surface area contributed by atoms with Crippen molar-refractivity contribution in [1.29, 1.82) is 0 Å². The fourth-order valence-electron chi connectivity index (χ4n) is 5.52. The molecule has 31 heavy (non-hydrogen) atoms. The van der Waals surface area contributed by atoms with Gasteiger partial charge in [-0.15, -0.1) is 0 Å². The zero-order valence-electron chi connectivity index (χ0n) is 18.3. The maximum Gasteiger partial charge on any atom is 0.260 e. The average molecular weight is 420 g/mol. The van der Waals surface area contributed by atoms with Gasteiger partial charge in [0.1, 0.15) is 0 Å². The van der Waals surface area contributed by atoms with Gasteiger partial charge in [0.2, 0.25) is 0 Å². The van der Waals surface area contributed by atoms with Crippen molar-refractivity contribution in [2.24, 2.45) is 0 Å². The topological polar surface area (TPSA) is 36.0 Å². The predicted molar refractivity (Wildman–Crippen MR) is 125 cm³/mol. The van der Waals surface area contributed by atoms with Crippen LogP contribution in [0.15, 0.2) is 60.7 Å².